The van der Waals surface area contributed by atoms with Gasteiger partial charge in [0.15, 0.2) is 0 Å². The van der Waals surface area contributed by atoms with E-state index in [4.69, 9.17) is 0 Å². The average Bonchev–Trinajstić information content (AvgIpc) is 2.53. The Morgan fingerprint density at radius 2 is 2.55 bits per heavy atom. The Hall–Kier alpha value is 0.170. The summed E-state index contributed by atoms with van der Waals surface area (Å²) in [6.07, 6.45) is 0.823. The predicted molar refractivity (Wildman–Crippen MR) is 52.1 cm³/mol. The van der Waals surface area contributed by atoms with Crippen LogP contribution in [0.2, 0.25) is 0 Å². The van der Waals surface area contributed by atoms with Crippen LogP contribution in [-0.2, 0) is 4.79 Å². The number of hydrogen-bond acceptors (Lipinski definition) is 3. The van der Waals surface area contributed by atoms with Gasteiger partial charge in [-0.3, -0.25) is 4.79 Å². The van der Waals surface area contributed by atoms with Crippen molar-refractivity contribution in [3.8, 4) is 0 Å². The van der Waals surface area contributed by atoms with Crippen LogP contribution < -0.4 is 0 Å². The number of nitrogens with zero attached hydrogens (tertiary/aromatic N) is 1. The Balaban J connectivity index is 2.39. The van der Waals surface area contributed by atoms with Crippen LogP contribution in [0.1, 0.15) is 13.3 Å². The van der Waals surface area contributed by atoms with Crippen LogP contribution in [0.3, 0.4) is 0 Å². The molecular formula is C7H13NOS2. The molecule has 0 saturated carbocycles. The van der Waals surface area contributed by atoms with Gasteiger partial charge in [0.1, 0.15) is 0 Å². The molecule has 0 spiro atoms. The summed E-state index contributed by atoms with van der Waals surface area (Å²) >= 11 is 6.01. The molecule has 0 aromatic carbocycles. The van der Waals surface area contributed by atoms with E-state index in [2.05, 4.69) is 12.6 Å². The van der Waals surface area contributed by atoms with Crippen molar-refractivity contribution in [2.24, 2.45) is 0 Å². The lowest BCUT2D eigenvalue weighted by molar-refractivity contribution is -0.129. The summed E-state index contributed by atoms with van der Waals surface area (Å²) in [7, 11) is 0. The lowest BCUT2D eigenvalue weighted by Crippen LogP contribution is -2.34. The molecule has 11 heavy (non-hydrogen) atoms. The molecule has 2 nitrogen and oxygen atoms in total. The quantitative estimate of drug-likeness (QED) is 0.663. The van der Waals surface area contributed by atoms with Gasteiger partial charge in [0.2, 0.25) is 5.91 Å². The van der Waals surface area contributed by atoms with Crippen LogP contribution >= 0.6 is 24.4 Å². The fourth-order valence-electron chi connectivity index (χ4n) is 0.973. The van der Waals surface area contributed by atoms with E-state index >= 15 is 0 Å². The van der Waals surface area contributed by atoms with E-state index in [0.717, 1.165) is 24.6 Å². The first-order chi connectivity index (χ1) is 5.25. The van der Waals surface area contributed by atoms with E-state index in [9.17, 15) is 4.79 Å². The number of hydrogen-bond donors (Lipinski definition) is 1. The Kier molecular flexibility index (Phi) is 3.59. The van der Waals surface area contributed by atoms with Crippen LogP contribution in [-0.4, -0.2) is 34.2 Å². The molecule has 0 aliphatic carbocycles. The number of amides is 1. The Bertz CT molecular complexity index is 145. The first-order valence-corrected chi connectivity index (χ1v) is 5.47. The number of rotatable bonds is 2. The number of thiol groups is 1. The molecule has 1 rings (SSSR count). The molecule has 0 aromatic heterocycles. The van der Waals surface area contributed by atoms with Crippen LogP contribution in [0.5, 0.6) is 0 Å². The smallest absolute Gasteiger partial charge is 0.236 e. The molecule has 1 saturated heterocycles. The van der Waals surface area contributed by atoms with Crippen molar-refractivity contribution in [2.45, 2.75) is 18.6 Å². The second-order valence-electron chi connectivity index (χ2n) is 2.56. The highest BCUT2D eigenvalue weighted by Gasteiger charge is 2.22. The maximum atomic E-state index is 11.4. The molecule has 1 fully saturated rings. The van der Waals surface area contributed by atoms with Crippen LogP contribution in [0.4, 0.5) is 0 Å². The molecule has 1 heterocycles. The minimum Gasteiger partial charge on any atom is -0.332 e. The molecule has 1 aliphatic rings. The third kappa shape index (κ3) is 2.30. The van der Waals surface area contributed by atoms with Gasteiger partial charge in [-0.1, -0.05) is 6.92 Å². The summed E-state index contributed by atoms with van der Waals surface area (Å²) < 4.78 is 0. The van der Waals surface area contributed by atoms with Gasteiger partial charge in [-0.2, -0.15) is 12.6 Å². The number of carbonyl (C=O) groups is 1. The van der Waals surface area contributed by atoms with Gasteiger partial charge in [-0.05, 0) is 6.42 Å². The van der Waals surface area contributed by atoms with E-state index in [0.29, 0.717) is 0 Å². The van der Waals surface area contributed by atoms with Gasteiger partial charge in [0.05, 0.1) is 11.1 Å². The molecule has 0 radical (unpaired) electrons. The molecule has 0 aromatic rings. The van der Waals surface area contributed by atoms with Crippen molar-refractivity contribution >= 4 is 30.3 Å². The minimum atomic E-state index is -0.0892. The molecule has 1 aliphatic heterocycles. The lowest BCUT2D eigenvalue weighted by atomic mass is 10.3. The summed E-state index contributed by atoms with van der Waals surface area (Å²) in [5.41, 5.74) is 0. The van der Waals surface area contributed by atoms with E-state index < -0.39 is 0 Å². The van der Waals surface area contributed by atoms with Crippen molar-refractivity contribution in [1.29, 1.82) is 0 Å². The first kappa shape index (κ1) is 9.26. The van der Waals surface area contributed by atoms with Crippen molar-refractivity contribution in [3.63, 3.8) is 0 Å². The molecule has 0 N–H and O–H groups in total. The Morgan fingerprint density at radius 1 is 1.82 bits per heavy atom. The van der Waals surface area contributed by atoms with Crippen molar-refractivity contribution in [3.05, 3.63) is 0 Å². The second-order valence-corrected chi connectivity index (χ2v) is 4.26. The summed E-state index contributed by atoms with van der Waals surface area (Å²) in [4.78, 5) is 13.3. The third-order valence-corrected chi connectivity index (χ3v) is 3.29. The zero-order valence-electron chi connectivity index (χ0n) is 6.62. The molecule has 1 unspecified atom stereocenters. The molecular weight excluding hydrogens is 178 g/mol. The highest BCUT2D eigenvalue weighted by atomic mass is 32.2. The normalized spacial score (nSPS) is 20.4. The van der Waals surface area contributed by atoms with E-state index in [1.807, 2.05) is 23.6 Å². The number of carbonyl (C=O) groups excluding carboxylic acids is 1. The Morgan fingerprint density at radius 3 is 3.00 bits per heavy atom. The summed E-state index contributed by atoms with van der Waals surface area (Å²) in [5.74, 6) is 2.13. The SMILES string of the molecule is CCC(S)C(=O)N1CCSC1. The van der Waals surface area contributed by atoms with Crippen molar-refractivity contribution in [1.82, 2.24) is 4.90 Å². The standard InChI is InChI=1S/C7H13NOS2/c1-2-6(10)7(9)8-3-4-11-5-8/h6,10H,2-5H2,1H3. The van der Waals surface area contributed by atoms with Gasteiger partial charge in [0.25, 0.3) is 0 Å². The highest BCUT2D eigenvalue weighted by Crippen LogP contribution is 2.16. The second kappa shape index (κ2) is 4.26. The maximum Gasteiger partial charge on any atom is 0.236 e. The fraction of sp³-hybridized carbons (Fsp3) is 0.857. The molecule has 1 atom stereocenters. The minimum absolute atomic E-state index is 0.0892. The average molecular weight is 191 g/mol. The molecule has 1 amide bonds. The largest absolute Gasteiger partial charge is 0.332 e. The monoisotopic (exact) mass is 191 g/mol. The van der Waals surface area contributed by atoms with Gasteiger partial charge in [-0.25, -0.2) is 0 Å². The van der Waals surface area contributed by atoms with E-state index in [1.54, 1.807) is 0 Å². The van der Waals surface area contributed by atoms with Gasteiger partial charge >= 0.3 is 0 Å². The summed E-state index contributed by atoms with van der Waals surface area (Å²) in [6.45, 7) is 2.89. The number of thioether (sulfide) groups is 1. The van der Waals surface area contributed by atoms with E-state index in [-0.39, 0.29) is 11.2 Å². The third-order valence-electron chi connectivity index (χ3n) is 1.74. The van der Waals surface area contributed by atoms with Crippen molar-refractivity contribution in [2.75, 3.05) is 18.2 Å². The van der Waals surface area contributed by atoms with Crippen LogP contribution in [0, 0.1) is 0 Å². The van der Waals surface area contributed by atoms with Gasteiger partial charge in [-0.15, -0.1) is 11.8 Å². The van der Waals surface area contributed by atoms with Crippen LogP contribution in [0.15, 0.2) is 0 Å². The van der Waals surface area contributed by atoms with Crippen molar-refractivity contribution < 1.29 is 4.79 Å². The topological polar surface area (TPSA) is 20.3 Å². The van der Waals surface area contributed by atoms with Gasteiger partial charge < -0.3 is 4.90 Å². The zero-order valence-corrected chi connectivity index (χ0v) is 8.33. The molecule has 64 valence electrons. The maximum absolute atomic E-state index is 11.4. The zero-order chi connectivity index (χ0) is 8.27. The Labute approximate surface area is 77.1 Å². The highest BCUT2D eigenvalue weighted by molar-refractivity contribution is 7.99. The summed E-state index contributed by atoms with van der Waals surface area (Å²) in [5, 5.41) is -0.0892. The molecule has 4 heteroatoms. The molecule has 0 bridgehead atoms. The predicted octanol–water partition coefficient (Wildman–Crippen LogP) is 1.23. The van der Waals surface area contributed by atoms with E-state index in [1.165, 1.54) is 0 Å². The lowest BCUT2D eigenvalue weighted by Gasteiger charge is -2.17. The fourth-order valence-corrected chi connectivity index (χ4v) is 2.09. The summed E-state index contributed by atoms with van der Waals surface area (Å²) in [6, 6.07) is 0. The van der Waals surface area contributed by atoms with Gasteiger partial charge in [0, 0.05) is 12.3 Å². The van der Waals surface area contributed by atoms with Crippen LogP contribution in [0.25, 0.3) is 0 Å². The first-order valence-electron chi connectivity index (χ1n) is 3.80.